The number of nitriles is 2. The molecule has 2 heterocycles. The zero-order chi connectivity index (χ0) is 12.9. The lowest BCUT2D eigenvalue weighted by molar-refractivity contribution is 0.104. The minimum absolute atomic E-state index is 0.0407. The smallest absolute Gasteiger partial charge is 0.196 e. The largest absolute Gasteiger partial charge is 0.288 e. The van der Waals surface area contributed by atoms with Gasteiger partial charge in [-0.15, -0.1) is 22.7 Å². The highest BCUT2D eigenvalue weighted by Crippen LogP contribution is 2.48. The molecule has 18 heavy (non-hydrogen) atoms. The Morgan fingerprint density at radius 2 is 2.06 bits per heavy atom. The van der Waals surface area contributed by atoms with Crippen molar-refractivity contribution in [2.45, 2.75) is 0 Å². The van der Waals surface area contributed by atoms with E-state index in [0.717, 1.165) is 9.40 Å². The second kappa shape index (κ2) is 3.64. The zero-order valence-corrected chi connectivity index (χ0v) is 10.6. The van der Waals surface area contributed by atoms with E-state index in [2.05, 4.69) is 6.58 Å². The Labute approximate surface area is 111 Å². The molecule has 0 unspecified atom stereocenters. The Kier molecular flexibility index (Phi) is 2.21. The summed E-state index contributed by atoms with van der Waals surface area (Å²) in [5.41, 5.74) is 1.23. The molecule has 0 amide bonds. The molecule has 0 fully saturated rings. The first-order valence-corrected chi connectivity index (χ1v) is 6.67. The van der Waals surface area contributed by atoms with Gasteiger partial charge in [0.2, 0.25) is 0 Å². The van der Waals surface area contributed by atoms with E-state index in [0.29, 0.717) is 16.0 Å². The Balaban J connectivity index is 2.46. The number of allylic oxidation sites excluding steroid dienone is 3. The SMILES string of the molecule is C=C1C(=O)c2c(sc3ccsc23)C1=C(C#N)C#N. The maximum absolute atomic E-state index is 12.2. The number of rotatable bonds is 0. The number of carbonyl (C=O) groups is 1. The second-order valence-electron chi connectivity index (χ2n) is 3.70. The topological polar surface area (TPSA) is 64.7 Å². The van der Waals surface area contributed by atoms with Crippen molar-refractivity contribution in [3.8, 4) is 12.1 Å². The molecule has 0 atom stereocenters. The first-order valence-electron chi connectivity index (χ1n) is 4.97. The summed E-state index contributed by atoms with van der Waals surface area (Å²) in [5.74, 6) is -0.170. The van der Waals surface area contributed by atoms with E-state index in [1.807, 2.05) is 23.6 Å². The summed E-state index contributed by atoms with van der Waals surface area (Å²) in [6.07, 6.45) is 0. The molecule has 1 aliphatic rings. The Hall–Kier alpha value is -2.21. The summed E-state index contributed by atoms with van der Waals surface area (Å²) in [5, 5.41) is 19.9. The monoisotopic (exact) mass is 268 g/mol. The molecule has 0 saturated carbocycles. The van der Waals surface area contributed by atoms with Crippen molar-refractivity contribution >= 4 is 43.4 Å². The van der Waals surface area contributed by atoms with Crippen LogP contribution in [0.3, 0.4) is 0 Å². The van der Waals surface area contributed by atoms with Crippen LogP contribution in [-0.4, -0.2) is 5.78 Å². The molecule has 0 spiro atoms. The third-order valence-electron chi connectivity index (χ3n) is 2.80. The number of carbonyl (C=O) groups excluding carboxylic acids is 1. The molecule has 3 rings (SSSR count). The van der Waals surface area contributed by atoms with Gasteiger partial charge in [0.1, 0.15) is 17.7 Å². The van der Waals surface area contributed by atoms with Gasteiger partial charge in [0.15, 0.2) is 5.78 Å². The Morgan fingerprint density at radius 3 is 2.72 bits per heavy atom. The van der Waals surface area contributed by atoms with Gasteiger partial charge in [0.25, 0.3) is 0 Å². The Bertz CT molecular complexity index is 821. The molecule has 0 bridgehead atoms. The fourth-order valence-electron chi connectivity index (χ4n) is 2.01. The average Bonchev–Trinajstić information content (AvgIpc) is 2.98. The average molecular weight is 268 g/mol. The van der Waals surface area contributed by atoms with Crippen molar-refractivity contribution in [3.05, 3.63) is 39.6 Å². The summed E-state index contributed by atoms with van der Waals surface area (Å²) >= 11 is 2.93. The van der Waals surface area contributed by atoms with Gasteiger partial charge in [-0.3, -0.25) is 4.79 Å². The van der Waals surface area contributed by atoms with E-state index in [-0.39, 0.29) is 16.9 Å². The molecule has 0 N–H and O–H groups in total. The molecule has 0 radical (unpaired) electrons. The lowest BCUT2D eigenvalue weighted by atomic mass is 10.1. The van der Waals surface area contributed by atoms with Crippen molar-refractivity contribution in [1.82, 2.24) is 0 Å². The van der Waals surface area contributed by atoms with Crippen molar-refractivity contribution in [2.75, 3.05) is 0 Å². The van der Waals surface area contributed by atoms with E-state index in [1.54, 1.807) is 0 Å². The van der Waals surface area contributed by atoms with E-state index < -0.39 is 0 Å². The molecule has 0 aliphatic heterocycles. The van der Waals surface area contributed by atoms with Crippen LogP contribution in [-0.2, 0) is 0 Å². The standard InChI is InChI=1S/C13H4N2OS2/c1-6-9(7(4-14)5-15)13-10(11(6)16)12-8(18-13)2-3-17-12/h2-3H,1H2. The van der Waals surface area contributed by atoms with Crippen molar-refractivity contribution < 1.29 is 4.79 Å². The van der Waals surface area contributed by atoms with Gasteiger partial charge in [0, 0.05) is 15.8 Å². The quantitative estimate of drug-likeness (QED) is 0.542. The van der Waals surface area contributed by atoms with E-state index in [4.69, 9.17) is 10.5 Å². The van der Waals surface area contributed by atoms with Crippen molar-refractivity contribution in [1.29, 1.82) is 10.5 Å². The van der Waals surface area contributed by atoms with Crippen LogP contribution in [0.1, 0.15) is 15.2 Å². The number of ketones is 1. The third kappa shape index (κ3) is 1.18. The van der Waals surface area contributed by atoms with Crippen molar-refractivity contribution in [3.63, 3.8) is 0 Å². The van der Waals surface area contributed by atoms with Gasteiger partial charge < -0.3 is 0 Å². The lowest BCUT2D eigenvalue weighted by Crippen LogP contribution is -1.93. The minimum atomic E-state index is -0.170. The van der Waals surface area contributed by atoms with Crippen LogP contribution in [0.2, 0.25) is 0 Å². The second-order valence-corrected chi connectivity index (χ2v) is 5.67. The van der Waals surface area contributed by atoms with Gasteiger partial charge >= 0.3 is 0 Å². The first kappa shape index (κ1) is 10.9. The number of nitrogens with zero attached hydrogens (tertiary/aromatic N) is 2. The third-order valence-corrected chi connectivity index (χ3v) is 5.03. The lowest BCUT2D eigenvalue weighted by Gasteiger charge is -1.96. The van der Waals surface area contributed by atoms with Crippen LogP contribution in [0.5, 0.6) is 0 Å². The molecular weight excluding hydrogens is 264 g/mol. The fraction of sp³-hybridized carbons (Fsp3) is 0. The van der Waals surface area contributed by atoms with Crippen LogP contribution in [0, 0.1) is 22.7 Å². The van der Waals surface area contributed by atoms with E-state index in [9.17, 15) is 4.79 Å². The summed E-state index contributed by atoms with van der Waals surface area (Å²) in [6.45, 7) is 3.71. The van der Waals surface area contributed by atoms with Gasteiger partial charge in [0.05, 0.1) is 15.1 Å². The highest BCUT2D eigenvalue weighted by Gasteiger charge is 2.35. The molecule has 1 aliphatic carbocycles. The number of thiophene rings is 2. The van der Waals surface area contributed by atoms with E-state index >= 15 is 0 Å². The normalized spacial score (nSPS) is 13.6. The maximum atomic E-state index is 12.2. The molecule has 2 aromatic heterocycles. The van der Waals surface area contributed by atoms with Crippen LogP contribution in [0.15, 0.2) is 29.2 Å². The molecule has 3 nitrogen and oxygen atoms in total. The Morgan fingerprint density at radius 1 is 1.33 bits per heavy atom. The van der Waals surface area contributed by atoms with Crippen LogP contribution in [0.25, 0.3) is 15.0 Å². The predicted molar refractivity (Wildman–Crippen MR) is 71.3 cm³/mol. The van der Waals surface area contributed by atoms with Crippen LogP contribution >= 0.6 is 22.7 Å². The predicted octanol–water partition coefficient (Wildman–Crippen LogP) is 3.52. The van der Waals surface area contributed by atoms with Crippen LogP contribution < -0.4 is 0 Å². The summed E-state index contributed by atoms with van der Waals surface area (Å²) < 4.78 is 1.94. The molecule has 0 aromatic carbocycles. The maximum Gasteiger partial charge on any atom is 0.196 e. The fourth-order valence-corrected chi connectivity index (χ4v) is 4.44. The summed E-state index contributed by atoms with van der Waals surface area (Å²) in [4.78, 5) is 12.9. The first-order chi connectivity index (χ1) is 8.69. The molecule has 5 heteroatoms. The van der Waals surface area contributed by atoms with E-state index in [1.165, 1.54) is 22.7 Å². The summed E-state index contributed by atoms with van der Waals surface area (Å²) in [6, 6.07) is 5.61. The zero-order valence-electron chi connectivity index (χ0n) is 8.98. The molecule has 84 valence electrons. The van der Waals surface area contributed by atoms with Gasteiger partial charge in [-0.1, -0.05) is 6.58 Å². The van der Waals surface area contributed by atoms with Crippen LogP contribution in [0.4, 0.5) is 0 Å². The van der Waals surface area contributed by atoms with Crippen molar-refractivity contribution in [2.24, 2.45) is 0 Å². The highest BCUT2D eigenvalue weighted by molar-refractivity contribution is 7.28. The number of hydrogen-bond acceptors (Lipinski definition) is 5. The number of Topliss-reactive ketones (excluding diaryl/α,β-unsaturated/α-hetero) is 1. The van der Waals surface area contributed by atoms with Gasteiger partial charge in [-0.05, 0) is 11.4 Å². The van der Waals surface area contributed by atoms with Gasteiger partial charge in [-0.25, -0.2) is 0 Å². The number of fused-ring (bicyclic) bond motifs is 3. The van der Waals surface area contributed by atoms with Gasteiger partial charge in [-0.2, -0.15) is 10.5 Å². The number of hydrogen-bond donors (Lipinski definition) is 0. The summed E-state index contributed by atoms with van der Waals surface area (Å²) in [7, 11) is 0. The highest BCUT2D eigenvalue weighted by atomic mass is 32.1. The minimum Gasteiger partial charge on any atom is -0.288 e. The molecule has 2 aromatic rings. The molecular formula is C13H4N2OS2. The molecule has 0 saturated heterocycles.